The number of hydrogen-bond acceptors (Lipinski definition) is 8. The molecule has 2 aromatic heterocycles. The number of H-pyrrole nitrogens is 2. The van der Waals surface area contributed by atoms with E-state index in [9.17, 15) is 19.2 Å². The van der Waals surface area contributed by atoms with E-state index in [2.05, 4.69) is 75.2 Å². The molecule has 9 rings (SSSR count). The van der Waals surface area contributed by atoms with Crippen LogP contribution in [0.5, 0.6) is 0 Å². The first-order chi connectivity index (χ1) is 31.4. The molecule has 2 aliphatic carbocycles. The predicted octanol–water partition coefficient (Wildman–Crippen LogP) is 9.03. The number of rotatable bonds is 11. The van der Waals surface area contributed by atoms with E-state index in [-0.39, 0.29) is 35.7 Å². The number of fused-ring (bicyclic) bond motifs is 2. The van der Waals surface area contributed by atoms with Gasteiger partial charge in [0, 0.05) is 13.1 Å². The summed E-state index contributed by atoms with van der Waals surface area (Å²) in [5.41, 5.74) is 11.8. The van der Waals surface area contributed by atoms with Crippen LogP contribution in [-0.2, 0) is 31.9 Å². The van der Waals surface area contributed by atoms with E-state index in [1.165, 1.54) is 67.7 Å². The van der Waals surface area contributed by atoms with Gasteiger partial charge in [0.2, 0.25) is 11.8 Å². The van der Waals surface area contributed by atoms with Crippen LogP contribution in [0.4, 0.5) is 9.59 Å². The topological polar surface area (TPSA) is 175 Å². The Balaban J connectivity index is 0.964. The van der Waals surface area contributed by atoms with Gasteiger partial charge >= 0.3 is 12.2 Å². The van der Waals surface area contributed by atoms with Crippen molar-refractivity contribution in [3.8, 4) is 33.5 Å². The van der Waals surface area contributed by atoms with Gasteiger partial charge in [0.1, 0.15) is 23.7 Å². The van der Waals surface area contributed by atoms with E-state index in [0.717, 1.165) is 78.0 Å². The Hall–Kier alpha value is -6.18. The number of aromatic nitrogens is 4. The summed E-state index contributed by atoms with van der Waals surface area (Å²) in [6.45, 7) is 8.89. The zero-order chi connectivity index (χ0) is 45.6. The smallest absolute Gasteiger partial charge is 0.407 e. The predicted molar refractivity (Wildman–Crippen MR) is 249 cm³/mol. The number of nitrogens with zero attached hydrogens (tertiary/aromatic N) is 4. The number of imidazole rings is 2. The van der Waals surface area contributed by atoms with E-state index in [1.807, 2.05) is 43.7 Å². The summed E-state index contributed by atoms with van der Waals surface area (Å²) in [6.07, 6.45) is 11.1. The first kappa shape index (κ1) is 44.0. The van der Waals surface area contributed by atoms with Crippen LogP contribution in [0.15, 0.2) is 60.8 Å². The second-order valence-corrected chi connectivity index (χ2v) is 19.4. The molecule has 4 aliphatic rings. The van der Waals surface area contributed by atoms with Crippen LogP contribution in [0, 0.1) is 17.3 Å². The molecule has 0 unspecified atom stereocenters. The fourth-order valence-corrected chi connectivity index (χ4v) is 11.2. The zero-order valence-electron chi connectivity index (χ0n) is 38.5. The molecular weight excluding hydrogens is 821 g/mol. The van der Waals surface area contributed by atoms with Gasteiger partial charge in [-0.1, -0.05) is 83.0 Å². The van der Waals surface area contributed by atoms with Gasteiger partial charge in [-0.05, 0) is 120 Å². The highest BCUT2D eigenvalue weighted by Gasteiger charge is 2.42. The van der Waals surface area contributed by atoms with Crippen molar-refractivity contribution in [2.75, 3.05) is 27.3 Å². The monoisotopic (exact) mass is 882 g/mol. The molecule has 2 saturated heterocycles. The van der Waals surface area contributed by atoms with E-state index < -0.39 is 24.3 Å². The fraction of sp³-hybridized carbons (Fsp3) is 0.490. The molecule has 5 aromatic rings. The average molecular weight is 883 g/mol. The number of alkyl carbamates (subject to hydrolysis) is 2. The minimum absolute atomic E-state index is 0.104. The molecule has 2 aliphatic heterocycles. The largest absolute Gasteiger partial charge is 0.453 e. The van der Waals surface area contributed by atoms with Gasteiger partial charge in [0.15, 0.2) is 0 Å². The number of nitrogens with one attached hydrogen (secondary N) is 4. The molecular formula is C51H62N8O6. The van der Waals surface area contributed by atoms with Gasteiger partial charge < -0.3 is 39.9 Å². The van der Waals surface area contributed by atoms with E-state index in [4.69, 9.17) is 19.4 Å². The van der Waals surface area contributed by atoms with Crippen LogP contribution in [-0.4, -0.2) is 93.1 Å². The van der Waals surface area contributed by atoms with Crippen LogP contribution in [0.3, 0.4) is 0 Å². The average Bonchev–Trinajstić information content (AvgIpc) is 4.17. The van der Waals surface area contributed by atoms with E-state index >= 15 is 0 Å². The van der Waals surface area contributed by atoms with Crippen molar-refractivity contribution in [2.45, 2.75) is 116 Å². The Morgan fingerprint density at radius 1 is 0.677 bits per heavy atom. The highest BCUT2D eigenvalue weighted by Crippen LogP contribution is 2.53. The summed E-state index contributed by atoms with van der Waals surface area (Å²) < 4.78 is 9.63. The van der Waals surface area contributed by atoms with Crippen molar-refractivity contribution in [1.29, 1.82) is 0 Å². The Labute approximate surface area is 380 Å². The molecule has 0 bridgehead atoms. The van der Waals surface area contributed by atoms with Crippen LogP contribution >= 0.6 is 0 Å². The summed E-state index contributed by atoms with van der Waals surface area (Å²) in [7, 11) is 2.61. The maximum Gasteiger partial charge on any atom is 0.407 e. The first-order valence-corrected chi connectivity index (χ1v) is 23.5. The molecule has 4 atom stereocenters. The van der Waals surface area contributed by atoms with Gasteiger partial charge in [0.05, 0.1) is 49.2 Å². The minimum atomic E-state index is -0.689. The fourth-order valence-electron chi connectivity index (χ4n) is 11.2. The van der Waals surface area contributed by atoms with Crippen molar-refractivity contribution in [1.82, 2.24) is 40.4 Å². The number of likely N-dealkylation sites (tertiary alicyclic amines) is 2. The number of ether oxygens (including phenoxy) is 2. The molecule has 1 spiro atoms. The van der Waals surface area contributed by atoms with E-state index in [0.29, 0.717) is 18.5 Å². The third-order valence-corrected chi connectivity index (χ3v) is 14.6. The molecule has 1 saturated carbocycles. The van der Waals surface area contributed by atoms with Crippen LogP contribution in [0.25, 0.3) is 44.5 Å². The summed E-state index contributed by atoms with van der Waals surface area (Å²) >= 11 is 0. The lowest BCUT2D eigenvalue weighted by atomic mass is 9.82. The standard InChI is InChI=1S/C51H62N8O6/c1-29(2)43(56-49(62)64-5)47(60)58-23-9-11-41(58)45-52-28-40(55-45)32-15-13-31(14-16-32)34-18-19-35(37-27-51(26-36(34)37)21-7-8-22-51)33-17-20-38-39(25-33)54-46(53-38)42-12-10-24-59(42)48(61)44(30(3)4)57-50(63)65-6/h13-20,25,28-30,41-44H,7-12,21-24,26-27H2,1-6H3,(H,52,55)(H,53,54)(H,56,62)(H,57,63)/t41-,42-,43-,44-/m0/s1. The SMILES string of the molecule is COC(=O)N[C@H](C(=O)N1CCC[C@H]1c1ncc(-c2ccc(-c3ccc(-c4ccc5nc([C@@H]6CCCN6C(=O)[C@@H](NC(=O)OC)C(C)C)[nH]c5c4)c4c3CC3(CCCC3)C4)cc2)[nH]1)C(C)C. The lowest BCUT2D eigenvalue weighted by Gasteiger charge is -2.30. The summed E-state index contributed by atoms with van der Waals surface area (Å²) in [5, 5.41) is 5.47. The number of benzene rings is 3. The van der Waals surface area contributed by atoms with Gasteiger partial charge in [-0.15, -0.1) is 0 Å². The number of methoxy groups -OCH3 is 2. The lowest BCUT2D eigenvalue weighted by molar-refractivity contribution is -0.136. The Morgan fingerprint density at radius 2 is 1.20 bits per heavy atom. The van der Waals surface area contributed by atoms with Crippen molar-refractivity contribution in [3.05, 3.63) is 83.6 Å². The van der Waals surface area contributed by atoms with Crippen molar-refractivity contribution < 1.29 is 28.7 Å². The Bertz CT molecular complexity index is 2590. The molecule has 3 aromatic carbocycles. The van der Waals surface area contributed by atoms with E-state index in [1.54, 1.807) is 0 Å². The number of carbonyl (C=O) groups excluding carboxylic acids is 4. The number of carbonyl (C=O) groups is 4. The van der Waals surface area contributed by atoms with Gasteiger partial charge in [-0.25, -0.2) is 19.6 Å². The van der Waals surface area contributed by atoms with Crippen molar-refractivity contribution >= 4 is 35.0 Å². The molecule has 65 heavy (non-hydrogen) atoms. The number of amides is 4. The lowest BCUT2D eigenvalue weighted by Crippen LogP contribution is -2.51. The summed E-state index contributed by atoms with van der Waals surface area (Å²) in [4.78, 5) is 72.3. The summed E-state index contributed by atoms with van der Waals surface area (Å²) in [6, 6.07) is 18.0. The third kappa shape index (κ3) is 8.47. The van der Waals surface area contributed by atoms with Crippen molar-refractivity contribution in [3.63, 3.8) is 0 Å². The zero-order valence-corrected chi connectivity index (χ0v) is 38.5. The molecule has 4 N–H and O–H groups in total. The molecule has 14 nitrogen and oxygen atoms in total. The van der Waals surface area contributed by atoms with Crippen LogP contribution in [0.1, 0.15) is 114 Å². The number of aromatic amines is 2. The first-order valence-electron chi connectivity index (χ1n) is 23.5. The molecule has 3 fully saturated rings. The van der Waals surface area contributed by atoms with Crippen molar-refractivity contribution in [2.24, 2.45) is 17.3 Å². The molecule has 4 heterocycles. The quantitative estimate of drug-likeness (QED) is 0.102. The molecule has 0 radical (unpaired) electrons. The maximum atomic E-state index is 13.8. The van der Waals surface area contributed by atoms with Crippen LogP contribution < -0.4 is 10.6 Å². The normalized spacial score (nSPS) is 19.9. The third-order valence-electron chi connectivity index (χ3n) is 14.6. The Kier molecular flexibility index (Phi) is 12.2. The van der Waals surface area contributed by atoms with Crippen LogP contribution in [0.2, 0.25) is 0 Å². The second-order valence-electron chi connectivity index (χ2n) is 19.4. The van der Waals surface area contributed by atoms with Gasteiger partial charge in [0.25, 0.3) is 0 Å². The number of hydrogen-bond donors (Lipinski definition) is 4. The molecule has 342 valence electrons. The molecule has 4 amide bonds. The minimum Gasteiger partial charge on any atom is -0.453 e. The molecule has 14 heteroatoms. The highest BCUT2D eigenvalue weighted by molar-refractivity contribution is 5.88. The van der Waals surface area contributed by atoms with Gasteiger partial charge in [-0.3, -0.25) is 9.59 Å². The Morgan fingerprint density at radius 3 is 1.75 bits per heavy atom. The summed E-state index contributed by atoms with van der Waals surface area (Å²) in [5.74, 6) is 1.06. The second kappa shape index (κ2) is 18.0. The highest BCUT2D eigenvalue weighted by atomic mass is 16.5. The van der Waals surface area contributed by atoms with Gasteiger partial charge in [-0.2, -0.15) is 0 Å². The maximum absolute atomic E-state index is 13.8.